The van der Waals surface area contributed by atoms with Gasteiger partial charge in [0, 0.05) is 29.3 Å². The second kappa shape index (κ2) is 6.84. The molecule has 2 aromatic heterocycles. The molecule has 0 aliphatic rings. The van der Waals surface area contributed by atoms with Crippen LogP contribution in [0.1, 0.15) is 5.69 Å². The van der Waals surface area contributed by atoms with Crippen molar-refractivity contribution in [1.82, 2.24) is 9.97 Å². The molecule has 0 saturated heterocycles. The van der Waals surface area contributed by atoms with Crippen LogP contribution in [0, 0.1) is 10.1 Å². The lowest BCUT2D eigenvalue weighted by Crippen LogP contribution is -1.87. The fraction of sp³-hybridized carbons (Fsp3) is 0.0667. The first-order valence-corrected chi connectivity index (χ1v) is 7.58. The van der Waals surface area contributed by atoms with Crippen LogP contribution in [0.5, 0.6) is 0 Å². The number of nitrogens with zero attached hydrogens (tertiary/aromatic N) is 5. The molecule has 0 saturated carbocycles. The van der Waals surface area contributed by atoms with Crippen LogP contribution in [-0.4, -0.2) is 14.9 Å². The lowest BCUT2D eigenvalue weighted by molar-refractivity contribution is -0.384. The molecule has 0 N–H and O–H groups in total. The monoisotopic (exact) mass is 325 g/mol. The predicted octanol–water partition coefficient (Wildman–Crippen LogP) is 4.40. The van der Waals surface area contributed by atoms with Gasteiger partial charge < -0.3 is 0 Å². The smallest absolute Gasteiger partial charge is 0.259 e. The summed E-state index contributed by atoms with van der Waals surface area (Å²) in [5, 5.41) is 21.2. The third-order valence-electron chi connectivity index (χ3n) is 2.98. The van der Waals surface area contributed by atoms with Gasteiger partial charge in [0.05, 0.1) is 16.3 Å². The van der Waals surface area contributed by atoms with Gasteiger partial charge in [-0.05, 0) is 24.3 Å². The van der Waals surface area contributed by atoms with E-state index in [1.165, 1.54) is 23.5 Å². The molecule has 23 heavy (non-hydrogen) atoms. The number of pyridine rings is 1. The highest BCUT2D eigenvalue weighted by Crippen LogP contribution is 2.28. The minimum atomic E-state index is -0.428. The second-order valence-electron chi connectivity index (χ2n) is 4.54. The number of benzene rings is 1. The molecule has 0 aliphatic heterocycles. The van der Waals surface area contributed by atoms with Gasteiger partial charge in [0.15, 0.2) is 0 Å². The van der Waals surface area contributed by atoms with Crippen molar-refractivity contribution in [3.8, 4) is 11.3 Å². The summed E-state index contributed by atoms with van der Waals surface area (Å²) in [6.45, 7) is 0.396. The zero-order chi connectivity index (χ0) is 16.1. The summed E-state index contributed by atoms with van der Waals surface area (Å²) >= 11 is 1.36. The van der Waals surface area contributed by atoms with Gasteiger partial charge in [-0.2, -0.15) is 5.11 Å². The predicted molar refractivity (Wildman–Crippen MR) is 86.7 cm³/mol. The number of thiazole rings is 1. The molecule has 2 heterocycles. The Hall–Kier alpha value is -3.00. The van der Waals surface area contributed by atoms with E-state index in [9.17, 15) is 10.1 Å². The van der Waals surface area contributed by atoms with Crippen molar-refractivity contribution in [2.45, 2.75) is 6.54 Å². The fourth-order valence-electron chi connectivity index (χ4n) is 1.86. The summed E-state index contributed by atoms with van der Waals surface area (Å²) in [6.07, 6.45) is 1.71. The van der Waals surface area contributed by atoms with Crippen LogP contribution in [-0.2, 0) is 6.54 Å². The Labute approximate surface area is 135 Å². The van der Waals surface area contributed by atoms with E-state index in [1.807, 2.05) is 23.6 Å². The molecule has 0 atom stereocenters. The van der Waals surface area contributed by atoms with E-state index >= 15 is 0 Å². The van der Waals surface area contributed by atoms with Crippen LogP contribution in [0.15, 0.2) is 64.3 Å². The van der Waals surface area contributed by atoms with Gasteiger partial charge >= 0.3 is 0 Å². The van der Waals surface area contributed by atoms with Crippen molar-refractivity contribution in [3.63, 3.8) is 0 Å². The topological polar surface area (TPSA) is 93.6 Å². The molecule has 0 fully saturated rings. The molecule has 114 valence electrons. The molecule has 0 aliphatic carbocycles. The van der Waals surface area contributed by atoms with Crippen LogP contribution in [0.2, 0.25) is 0 Å². The Morgan fingerprint density at radius 1 is 1.17 bits per heavy atom. The summed E-state index contributed by atoms with van der Waals surface area (Å²) in [4.78, 5) is 18.7. The van der Waals surface area contributed by atoms with Gasteiger partial charge in [-0.1, -0.05) is 6.07 Å². The van der Waals surface area contributed by atoms with Gasteiger partial charge in [-0.25, -0.2) is 4.98 Å². The minimum Gasteiger partial charge on any atom is -0.259 e. The quantitative estimate of drug-likeness (QED) is 0.395. The average Bonchev–Trinajstić information content (AvgIpc) is 3.05. The molecule has 1 aromatic carbocycles. The summed E-state index contributed by atoms with van der Waals surface area (Å²) in [5.74, 6) is 0. The third kappa shape index (κ3) is 3.80. The number of aromatic nitrogens is 2. The van der Waals surface area contributed by atoms with Crippen molar-refractivity contribution in [1.29, 1.82) is 0 Å². The zero-order valence-corrected chi connectivity index (χ0v) is 12.7. The third-order valence-corrected chi connectivity index (χ3v) is 3.71. The first kappa shape index (κ1) is 14.9. The van der Waals surface area contributed by atoms with E-state index in [-0.39, 0.29) is 5.69 Å². The molecule has 8 heteroatoms. The first-order chi connectivity index (χ1) is 11.2. The highest BCUT2D eigenvalue weighted by molar-refractivity contribution is 7.13. The van der Waals surface area contributed by atoms with Gasteiger partial charge in [0.1, 0.15) is 6.54 Å². The highest BCUT2D eigenvalue weighted by Gasteiger charge is 2.08. The Morgan fingerprint density at radius 2 is 2.00 bits per heavy atom. The van der Waals surface area contributed by atoms with E-state index in [4.69, 9.17) is 0 Å². The summed E-state index contributed by atoms with van der Waals surface area (Å²) in [6, 6.07) is 11.9. The number of rotatable bonds is 5. The fourth-order valence-corrected chi connectivity index (χ4v) is 2.52. The molecule has 0 unspecified atom stereocenters. The van der Waals surface area contributed by atoms with Crippen molar-refractivity contribution < 1.29 is 4.92 Å². The standard InChI is InChI=1S/C15H11N5O2S/c21-20(22)13-6-4-11(5-7-13)14-10-23-15(18-14)19-17-9-12-3-1-2-8-16-12/h1-8,10H,9H2. The van der Waals surface area contributed by atoms with E-state index in [2.05, 4.69) is 20.2 Å². The normalized spacial score (nSPS) is 11.0. The number of hydrogen-bond donors (Lipinski definition) is 0. The van der Waals surface area contributed by atoms with Crippen LogP contribution < -0.4 is 0 Å². The molecule has 0 spiro atoms. The van der Waals surface area contributed by atoms with Crippen molar-refractivity contribution in [3.05, 3.63) is 69.8 Å². The second-order valence-corrected chi connectivity index (χ2v) is 5.38. The van der Waals surface area contributed by atoms with E-state index < -0.39 is 4.92 Å². The molecule has 0 amide bonds. The molecule has 3 rings (SSSR count). The maximum absolute atomic E-state index is 10.6. The summed E-state index contributed by atoms with van der Waals surface area (Å²) in [7, 11) is 0. The van der Waals surface area contributed by atoms with Gasteiger partial charge in [-0.3, -0.25) is 15.1 Å². The lowest BCUT2D eigenvalue weighted by atomic mass is 10.1. The molecule has 3 aromatic rings. The SMILES string of the molecule is O=[N+]([O-])c1ccc(-c2csc(N=NCc3ccccn3)n2)cc1. The Bertz CT molecular complexity index is 831. The van der Waals surface area contributed by atoms with E-state index in [0.717, 1.165) is 17.0 Å². The number of non-ortho nitro benzene ring substituents is 1. The van der Waals surface area contributed by atoms with E-state index in [1.54, 1.807) is 18.3 Å². The summed E-state index contributed by atoms with van der Waals surface area (Å²) in [5.41, 5.74) is 2.41. The number of nitro benzene ring substituents is 1. The number of nitro groups is 1. The Morgan fingerprint density at radius 3 is 2.70 bits per heavy atom. The summed E-state index contributed by atoms with van der Waals surface area (Å²) < 4.78 is 0. The van der Waals surface area contributed by atoms with Crippen LogP contribution >= 0.6 is 11.3 Å². The molecule has 0 radical (unpaired) electrons. The largest absolute Gasteiger partial charge is 0.269 e. The van der Waals surface area contributed by atoms with E-state index in [0.29, 0.717) is 11.7 Å². The van der Waals surface area contributed by atoms with Gasteiger partial charge in [0.2, 0.25) is 5.13 Å². The molecule has 7 nitrogen and oxygen atoms in total. The van der Waals surface area contributed by atoms with Crippen LogP contribution in [0.4, 0.5) is 10.8 Å². The van der Waals surface area contributed by atoms with Crippen LogP contribution in [0.25, 0.3) is 11.3 Å². The Balaban J connectivity index is 1.69. The first-order valence-electron chi connectivity index (χ1n) is 6.70. The molecular weight excluding hydrogens is 314 g/mol. The highest BCUT2D eigenvalue weighted by atomic mass is 32.1. The average molecular weight is 325 g/mol. The zero-order valence-electron chi connectivity index (χ0n) is 11.9. The lowest BCUT2D eigenvalue weighted by Gasteiger charge is -1.95. The number of hydrogen-bond acceptors (Lipinski definition) is 7. The molecular formula is C15H11N5O2S. The van der Waals surface area contributed by atoms with Crippen molar-refractivity contribution in [2.75, 3.05) is 0 Å². The Kier molecular flexibility index (Phi) is 4.44. The molecule has 0 bridgehead atoms. The maximum atomic E-state index is 10.6. The van der Waals surface area contributed by atoms with Gasteiger partial charge in [0.25, 0.3) is 5.69 Å². The minimum absolute atomic E-state index is 0.0549. The van der Waals surface area contributed by atoms with Crippen molar-refractivity contribution >= 4 is 22.2 Å². The number of azo groups is 1. The maximum Gasteiger partial charge on any atom is 0.269 e. The van der Waals surface area contributed by atoms with Crippen LogP contribution in [0.3, 0.4) is 0 Å². The van der Waals surface area contributed by atoms with Gasteiger partial charge in [-0.15, -0.1) is 16.5 Å². The van der Waals surface area contributed by atoms with Crippen molar-refractivity contribution in [2.24, 2.45) is 10.2 Å².